The normalized spacial score (nSPS) is 12.8. The largest absolute Gasteiger partial charge is 0.385 e. The minimum Gasteiger partial charge on any atom is -0.385 e. The molecule has 12 heavy (non-hydrogen) atoms. The van der Waals surface area contributed by atoms with E-state index in [0.29, 0.717) is 6.54 Å². The Bertz CT molecular complexity index is 257. The second-order valence-electron chi connectivity index (χ2n) is 2.48. The maximum Gasteiger partial charge on any atom is 0.108 e. The van der Waals surface area contributed by atoms with E-state index in [-0.39, 0.29) is 6.54 Å². The summed E-state index contributed by atoms with van der Waals surface area (Å²) in [6.45, 7) is 4.40. The maximum atomic E-state index is 9.41. The van der Waals surface area contributed by atoms with Gasteiger partial charge in [-0.05, 0) is 6.07 Å². The Labute approximate surface area is 71.3 Å². The summed E-state index contributed by atoms with van der Waals surface area (Å²) < 4.78 is 1.67. The first-order valence-corrected chi connectivity index (χ1v) is 3.80. The van der Waals surface area contributed by atoms with Crippen LogP contribution in [0.3, 0.4) is 0 Å². The predicted octanol–water partition coefficient (Wildman–Crippen LogP) is 0.0612. The van der Waals surface area contributed by atoms with E-state index < -0.39 is 6.10 Å². The van der Waals surface area contributed by atoms with Crippen LogP contribution in [-0.2, 0) is 6.54 Å². The summed E-state index contributed by atoms with van der Waals surface area (Å²) >= 11 is 0. The van der Waals surface area contributed by atoms with Crippen LogP contribution in [0.2, 0.25) is 0 Å². The van der Waals surface area contributed by atoms with Crippen LogP contribution in [0.15, 0.2) is 24.9 Å². The molecular formula is C8H13N3O. The molecule has 4 heteroatoms. The fraction of sp³-hybridized carbons (Fsp3) is 0.375. The van der Waals surface area contributed by atoms with Crippen molar-refractivity contribution in [1.82, 2.24) is 9.78 Å². The van der Waals surface area contributed by atoms with Crippen molar-refractivity contribution in [2.75, 3.05) is 6.54 Å². The van der Waals surface area contributed by atoms with Crippen LogP contribution in [0.25, 0.3) is 0 Å². The first kappa shape index (κ1) is 8.96. The SMILES string of the molecule is C=CCn1nccc1C(O)CN. The van der Waals surface area contributed by atoms with Crippen molar-refractivity contribution in [2.45, 2.75) is 12.6 Å². The van der Waals surface area contributed by atoms with Gasteiger partial charge in [0.1, 0.15) is 6.10 Å². The lowest BCUT2D eigenvalue weighted by molar-refractivity contribution is 0.176. The molecule has 0 radical (unpaired) electrons. The number of hydrogen-bond donors (Lipinski definition) is 2. The van der Waals surface area contributed by atoms with Crippen molar-refractivity contribution >= 4 is 0 Å². The molecule has 0 aliphatic carbocycles. The van der Waals surface area contributed by atoms with Gasteiger partial charge in [0.15, 0.2) is 0 Å². The Morgan fingerprint density at radius 2 is 2.58 bits per heavy atom. The van der Waals surface area contributed by atoms with Crippen LogP contribution in [-0.4, -0.2) is 21.4 Å². The Balaban J connectivity index is 2.82. The molecule has 0 aromatic carbocycles. The van der Waals surface area contributed by atoms with E-state index in [2.05, 4.69) is 11.7 Å². The number of allylic oxidation sites excluding steroid dienone is 1. The van der Waals surface area contributed by atoms with Gasteiger partial charge >= 0.3 is 0 Å². The quantitative estimate of drug-likeness (QED) is 0.623. The minimum absolute atomic E-state index is 0.211. The summed E-state index contributed by atoms with van der Waals surface area (Å²) in [5, 5.41) is 13.4. The van der Waals surface area contributed by atoms with Gasteiger partial charge < -0.3 is 10.8 Å². The smallest absolute Gasteiger partial charge is 0.108 e. The van der Waals surface area contributed by atoms with Crippen molar-refractivity contribution in [1.29, 1.82) is 0 Å². The molecule has 0 saturated carbocycles. The standard InChI is InChI=1S/C8H13N3O/c1-2-5-11-7(3-4-10-11)8(12)6-9/h2-4,8,12H,1,5-6,9H2. The Morgan fingerprint density at radius 1 is 1.83 bits per heavy atom. The zero-order valence-electron chi connectivity index (χ0n) is 6.85. The molecule has 3 N–H and O–H groups in total. The fourth-order valence-corrected chi connectivity index (χ4v) is 1.02. The number of aromatic nitrogens is 2. The van der Waals surface area contributed by atoms with Gasteiger partial charge in [0.25, 0.3) is 0 Å². The highest BCUT2D eigenvalue weighted by Crippen LogP contribution is 2.09. The second-order valence-corrected chi connectivity index (χ2v) is 2.48. The average Bonchev–Trinajstić information content (AvgIpc) is 2.52. The molecule has 1 aromatic rings. The van der Waals surface area contributed by atoms with Crippen molar-refractivity contribution in [2.24, 2.45) is 5.73 Å². The number of nitrogens with two attached hydrogens (primary N) is 1. The topological polar surface area (TPSA) is 64.1 Å². The third-order valence-electron chi connectivity index (χ3n) is 1.62. The van der Waals surface area contributed by atoms with Crippen molar-refractivity contribution in [3.63, 3.8) is 0 Å². The summed E-state index contributed by atoms with van der Waals surface area (Å²) in [6.07, 6.45) is 2.73. The molecule has 1 atom stereocenters. The van der Waals surface area contributed by atoms with Gasteiger partial charge in [-0.15, -0.1) is 6.58 Å². The van der Waals surface area contributed by atoms with Crippen LogP contribution in [0, 0.1) is 0 Å². The lowest BCUT2D eigenvalue weighted by atomic mass is 10.2. The molecule has 1 aromatic heterocycles. The van der Waals surface area contributed by atoms with E-state index in [1.165, 1.54) is 0 Å². The minimum atomic E-state index is -0.632. The van der Waals surface area contributed by atoms with Gasteiger partial charge in [-0.1, -0.05) is 6.08 Å². The van der Waals surface area contributed by atoms with E-state index in [9.17, 15) is 5.11 Å². The number of hydrogen-bond acceptors (Lipinski definition) is 3. The average molecular weight is 167 g/mol. The van der Waals surface area contributed by atoms with E-state index in [1.54, 1.807) is 23.0 Å². The van der Waals surface area contributed by atoms with E-state index in [1.807, 2.05) is 0 Å². The molecule has 0 amide bonds. The number of rotatable bonds is 4. The van der Waals surface area contributed by atoms with Gasteiger partial charge in [-0.2, -0.15) is 5.10 Å². The summed E-state index contributed by atoms with van der Waals surface area (Å²) in [5.74, 6) is 0. The van der Waals surface area contributed by atoms with Gasteiger partial charge in [0.05, 0.1) is 12.2 Å². The lowest BCUT2D eigenvalue weighted by Gasteiger charge is -2.09. The maximum absolute atomic E-state index is 9.41. The van der Waals surface area contributed by atoms with Crippen LogP contribution in [0.4, 0.5) is 0 Å². The zero-order valence-corrected chi connectivity index (χ0v) is 6.85. The van der Waals surface area contributed by atoms with Crippen LogP contribution < -0.4 is 5.73 Å². The summed E-state index contributed by atoms with van der Waals surface area (Å²) in [7, 11) is 0. The van der Waals surface area contributed by atoms with Gasteiger partial charge in [-0.25, -0.2) is 0 Å². The van der Waals surface area contributed by atoms with E-state index >= 15 is 0 Å². The monoisotopic (exact) mass is 167 g/mol. The third-order valence-corrected chi connectivity index (χ3v) is 1.62. The second kappa shape index (κ2) is 4.04. The molecule has 0 aliphatic heterocycles. The van der Waals surface area contributed by atoms with Crippen LogP contribution >= 0.6 is 0 Å². The molecule has 4 nitrogen and oxygen atoms in total. The van der Waals surface area contributed by atoms with E-state index in [0.717, 1.165) is 5.69 Å². The highest BCUT2D eigenvalue weighted by atomic mass is 16.3. The lowest BCUT2D eigenvalue weighted by Crippen LogP contribution is -2.16. The Hall–Kier alpha value is -1.13. The molecule has 0 saturated heterocycles. The summed E-state index contributed by atoms with van der Waals surface area (Å²) in [6, 6.07) is 1.75. The molecule has 66 valence electrons. The molecular weight excluding hydrogens is 154 g/mol. The first-order valence-electron chi connectivity index (χ1n) is 3.80. The van der Waals surface area contributed by atoms with Crippen molar-refractivity contribution in [3.05, 3.63) is 30.6 Å². The first-order chi connectivity index (χ1) is 5.79. The highest BCUT2D eigenvalue weighted by Gasteiger charge is 2.09. The Morgan fingerprint density at radius 3 is 3.17 bits per heavy atom. The van der Waals surface area contributed by atoms with Crippen molar-refractivity contribution < 1.29 is 5.11 Å². The number of aliphatic hydroxyl groups excluding tert-OH is 1. The molecule has 0 bridgehead atoms. The van der Waals surface area contributed by atoms with Crippen LogP contribution in [0.5, 0.6) is 0 Å². The number of nitrogens with zero attached hydrogens (tertiary/aromatic N) is 2. The predicted molar refractivity (Wildman–Crippen MR) is 46.4 cm³/mol. The highest BCUT2D eigenvalue weighted by molar-refractivity contribution is 5.05. The summed E-state index contributed by atoms with van der Waals surface area (Å²) in [5.41, 5.74) is 6.05. The molecule has 1 unspecified atom stereocenters. The Kier molecular flexibility index (Phi) is 3.01. The van der Waals surface area contributed by atoms with Crippen LogP contribution in [0.1, 0.15) is 11.8 Å². The molecule has 0 aliphatic rings. The molecule has 1 rings (SSSR count). The zero-order chi connectivity index (χ0) is 8.97. The molecule has 0 spiro atoms. The fourth-order valence-electron chi connectivity index (χ4n) is 1.02. The number of aliphatic hydroxyl groups is 1. The third kappa shape index (κ3) is 1.72. The summed E-state index contributed by atoms with van der Waals surface area (Å²) in [4.78, 5) is 0. The van der Waals surface area contributed by atoms with E-state index in [4.69, 9.17) is 5.73 Å². The molecule has 0 fully saturated rings. The van der Waals surface area contributed by atoms with Gasteiger partial charge in [0.2, 0.25) is 0 Å². The van der Waals surface area contributed by atoms with Gasteiger partial charge in [-0.3, -0.25) is 4.68 Å². The molecule has 1 heterocycles. The van der Waals surface area contributed by atoms with Gasteiger partial charge in [0, 0.05) is 12.7 Å². The van der Waals surface area contributed by atoms with Crippen molar-refractivity contribution in [3.8, 4) is 0 Å².